The predicted molar refractivity (Wildman–Crippen MR) is 158 cm³/mol. The quantitative estimate of drug-likeness (QED) is 0.150. The minimum atomic E-state index is -1.35. The van der Waals surface area contributed by atoms with Crippen LogP contribution in [-0.4, -0.2) is 69.1 Å². The number of benzene rings is 3. The lowest BCUT2D eigenvalue weighted by molar-refractivity contribution is -0.142. The Morgan fingerprint density at radius 1 is 0.682 bits per heavy atom. The molecule has 0 saturated carbocycles. The van der Waals surface area contributed by atoms with Crippen molar-refractivity contribution < 1.29 is 39.3 Å². The van der Waals surface area contributed by atoms with Crippen molar-refractivity contribution in [3.05, 3.63) is 95.6 Å². The zero-order valence-electron chi connectivity index (χ0n) is 23.7. The van der Waals surface area contributed by atoms with Crippen molar-refractivity contribution in [2.75, 3.05) is 0 Å². The summed E-state index contributed by atoms with van der Waals surface area (Å²) >= 11 is 0. The number of rotatable bonds is 13. The van der Waals surface area contributed by atoms with E-state index in [0.717, 1.165) is 5.56 Å². The Kier molecular flexibility index (Phi) is 10.5. The Balaban J connectivity index is 1.55. The molecule has 3 aromatic rings. The Bertz CT molecular complexity index is 1480. The van der Waals surface area contributed by atoms with E-state index in [9.17, 15) is 39.3 Å². The maximum atomic E-state index is 13.7. The molecule has 4 rings (SSSR count). The molecule has 4 atom stereocenters. The molecular formula is C32H34N4O8. The number of hydrogen-bond acceptors (Lipinski definition) is 7. The molecular weight excluding hydrogens is 568 g/mol. The van der Waals surface area contributed by atoms with Crippen LogP contribution in [-0.2, 0) is 43.2 Å². The van der Waals surface area contributed by atoms with Gasteiger partial charge in [0.2, 0.25) is 23.6 Å². The third-order valence-corrected chi connectivity index (χ3v) is 7.23. The van der Waals surface area contributed by atoms with Crippen molar-refractivity contribution in [1.82, 2.24) is 21.3 Å². The van der Waals surface area contributed by atoms with Crippen LogP contribution in [0.4, 0.5) is 0 Å². The van der Waals surface area contributed by atoms with Gasteiger partial charge in [0.15, 0.2) is 0 Å². The van der Waals surface area contributed by atoms with Crippen LogP contribution in [0.25, 0.3) is 0 Å². The smallest absolute Gasteiger partial charge is 0.326 e. The van der Waals surface area contributed by atoms with E-state index in [1.165, 1.54) is 36.4 Å². The summed E-state index contributed by atoms with van der Waals surface area (Å²) in [6, 6.07) is 16.3. The number of phenolic OH excluding ortho intramolecular Hbond substituents is 2. The van der Waals surface area contributed by atoms with Gasteiger partial charge in [0.05, 0.1) is 0 Å². The SMILES string of the molecule is O=C1CC[C@@H](C(=O)N[C@@H](Cc2ccccc2)C(=O)N[C@@H](Cc2ccc(O)cc2)C(=O)N[C@@H](Cc2ccc(O)cc2)C(=O)O)N1. The lowest BCUT2D eigenvalue weighted by Gasteiger charge is -2.25. The van der Waals surface area contributed by atoms with Gasteiger partial charge in [0.25, 0.3) is 0 Å². The molecule has 1 heterocycles. The van der Waals surface area contributed by atoms with Gasteiger partial charge in [0.1, 0.15) is 35.7 Å². The highest BCUT2D eigenvalue weighted by atomic mass is 16.4. The van der Waals surface area contributed by atoms with E-state index in [2.05, 4.69) is 21.3 Å². The topological polar surface area (TPSA) is 194 Å². The van der Waals surface area contributed by atoms with Crippen molar-refractivity contribution in [3.63, 3.8) is 0 Å². The highest BCUT2D eigenvalue weighted by molar-refractivity contribution is 5.96. The van der Waals surface area contributed by atoms with Crippen LogP contribution in [0.5, 0.6) is 11.5 Å². The van der Waals surface area contributed by atoms with Gasteiger partial charge in [0, 0.05) is 25.7 Å². The van der Waals surface area contributed by atoms with Crippen LogP contribution < -0.4 is 21.3 Å². The van der Waals surface area contributed by atoms with Crippen molar-refractivity contribution in [3.8, 4) is 11.5 Å². The molecule has 230 valence electrons. The third kappa shape index (κ3) is 9.05. The molecule has 0 spiro atoms. The van der Waals surface area contributed by atoms with Gasteiger partial charge in [-0.2, -0.15) is 0 Å². The highest BCUT2D eigenvalue weighted by Crippen LogP contribution is 2.15. The highest BCUT2D eigenvalue weighted by Gasteiger charge is 2.33. The summed E-state index contributed by atoms with van der Waals surface area (Å²) in [6.07, 6.45) is 0.436. The fourth-order valence-corrected chi connectivity index (χ4v) is 4.83. The molecule has 12 nitrogen and oxygen atoms in total. The number of carboxylic acid groups (broad SMARTS) is 1. The minimum absolute atomic E-state index is 0.00303. The molecule has 1 saturated heterocycles. The van der Waals surface area contributed by atoms with Crippen LogP contribution in [0.1, 0.15) is 29.5 Å². The van der Waals surface area contributed by atoms with Gasteiger partial charge >= 0.3 is 5.97 Å². The third-order valence-electron chi connectivity index (χ3n) is 7.23. The molecule has 44 heavy (non-hydrogen) atoms. The van der Waals surface area contributed by atoms with E-state index in [-0.39, 0.29) is 49.5 Å². The molecule has 0 aromatic heterocycles. The van der Waals surface area contributed by atoms with E-state index in [1.54, 1.807) is 42.5 Å². The van der Waals surface area contributed by atoms with Crippen molar-refractivity contribution in [2.24, 2.45) is 0 Å². The summed E-state index contributed by atoms with van der Waals surface area (Å²) in [5.74, 6) is -3.54. The van der Waals surface area contributed by atoms with E-state index < -0.39 is 47.9 Å². The van der Waals surface area contributed by atoms with Crippen LogP contribution in [0.2, 0.25) is 0 Å². The maximum Gasteiger partial charge on any atom is 0.326 e. The number of phenols is 2. The Morgan fingerprint density at radius 2 is 1.14 bits per heavy atom. The lowest BCUT2D eigenvalue weighted by Crippen LogP contribution is -2.58. The van der Waals surface area contributed by atoms with Gasteiger partial charge in [-0.25, -0.2) is 4.79 Å². The molecule has 7 N–H and O–H groups in total. The number of hydrogen-bond donors (Lipinski definition) is 7. The normalized spacial score (nSPS) is 16.2. The molecule has 1 aliphatic heterocycles. The van der Waals surface area contributed by atoms with Gasteiger partial charge in [-0.1, -0.05) is 54.6 Å². The van der Waals surface area contributed by atoms with Gasteiger partial charge in [-0.3, -0.25) is 19.2 Å². The summed E-state index contributed by atoms with van der Waals surface area (Å²) in [6.45, 7) is 0. The molecule has 4 amide bonds. The first-order valence-corrected chi connectivity index (χ1v) is 14.1. The van der Waals surface area contributed by atoms with Gasteiger partial charge in [-0.15, -0.1) is 0 Å². The van der Waals surface area contributed by atoms with Crippen molar-refractivity contribution >= 4 is 29.6 Å². The molecule has 1 aliphatic rings. The maximum absolute atomic E-state index is 13.7. The molecule has 0 radical (unpaired) electrons. The first-order chi connectivity index (χ1) is 21.1. The summed E-state index contributed by atoms with van der Waals surface area (Å²) in [4.78, 5) is 63.9. The van der Waals surface area contributed by atoms with Crippen molar-refractivity contribution in [1.29, 1.82) is 0 Å². The Hall–Kier alpha value is -5.39. The number of amides is 4. The number of aromatic hydroxyl groups is 2. The van der Waals surface area contributed by atoms with Crippen molar-refractivity contribution in [2.45, 2.75) is 56.3 Å². The molecule has 0 aliphatic carbocycles. The summed E-state index contributed by atoms with van der Waals surface area (Å²) in [5.41, 5.74) is 1.87. The molecule has 12 heteroatoms. The van der Waals surface area contributed by atoms with E-state index in [4.69, 9.17) is 0 Å². The van der Waals surface area contributed by atoms with Crippen LogP contribution >= 0.6 is 0 Å². The summed E-state index contributed by atoms with van der Waals surface area (Å²) < 4.78 is 0. The second-order valence-electron chi connectivity index (χ2n) is 10.6. The number of carbonyl (C=O) groups excluding carboxylic acids is 4. The van der Waals surface area contributed by atoms with Gasteiger partial charge in [-0.05, 0) is 47.4 Å². The van der Waals surface area contributed by atoms with Crippen LogP contribution in [0.15, 0.2) is 78.9 Å². The minimum Gasteiger partial charge on any atom is -0.508 e. The van der Waals surface area contributed by atoms with Crippen LogP contribution in [0.3, 0.4) is 0 Å². The average Bonchev–Trinajstić information content (AvgIpc) is 3.45. The van der Waals surface area contributed by atoms with E-state index in [0.29, 0.717) is 11.1 Å². The van der Waals surface area contributed by atoms with E-state index in [1.807, 2.05) is 0 Å². The predicted octanol–water partition coefficient (Wildman–Crippen LogP) is 0.943. The monoisotopic (exact) mass is 602 g/mol. The molecule has 1 fully saturated rings. The number of carbonyl (C=O) groups is 5. The summed E-state index contributed by atoms with van der Waals surface area (Å²) in [7, 11) is 0. The largest absolute Gasteiger partial charge is 0.508 e. The Labute approximate surface area is 253 Å². The fourth-order valence-electron chi connectivity index (χ4n) is 4.83. The van der Waals surface area contributed by atoms with Gasteiger partial charge < -0.3 is 36.6 Å². The zero-order chi connectivity index (χ0) is 31.6. The number of nitrogens with one attached hydrogen (secondary N) is 4. The lowest BCUT2D eigenvalue weighted by atomic mass is 10.0. The van der Waals surface area contributed by atoms with Crippen LogP contribution in [0, 0.1) is 0 Å². The average molecular weight is 603 g/mol. The standard InChI is InChI=1S/C32H34N4O8/c37-22-10-6-20(7-11-22)17-26(31(42)36-27(32(43)44)18-21-8-12-23(38)13-9-21)35-30(41)25(16-19-4-2-1-3-5-19)34-29(40)24-14-15-28(39)33-24/h1-13,24-27,37-38H,14-18H2,(H,33,39)(H,34,40)(H,35,41)(H,36,42)(H,43,44)/t24-,25-,26-,27-/m0/s1. The summed E-state index contributed by atoms with van der Waals surface area (Å²) in [5, 5.41) is 39.5. The number of carboxylic acids is 1. The fraction of sp³-hybridized carbons (Fsp3) is 0.281. The van der Waals surface area contributed by atoms with E-state index >= 15 is 0 Å². The molecule has 0 unspecified atom stereocenters. The first-order valence-electron chi connectivity index (χ1n) is 14.1. The Morgan fingerprint density at radius 3 is 1.61 bits per heavy atom. The zero-order valence-corrected chi connectivity index (χ0v) is 23.7. The molecule has 0 bridgehead atoms. The molecule has 3 aromatic carbocycles. The second-order valence-corrected chi connectivity index (χ2v) is 10.6. The second kappa shape index (κ2) is 14.7. The first kappa shape index (κ1) is 31.5. The number of aliphatic carboxylic acids is 1.